The summed E-state index contributed by atoms with van der Waals surface area (Å²) >= 11 is 0. The lowest BCUT2D eigenvalue weighted by Gasteiger charge is -2.15. The van der Waals surface area contributed by atoms with E-state index in [0.717, 1.165) is 19.5 Å². The number of nitrogens with one attached hydrogen (secondary N) is 1. The van der Waals surface area contributed by atoms with Gasteiger partial charge < -0.3 is 15.0 Å². The molecule has 0 fully saturated rings. The van der Waals surface area contributed by atoms with Gasteiger partial charge in [0, 0.05) is 25.9 Å². The summed E-state index contributed by atoms with van der Waals surface area (Å²) in [6, 6.07) is 0. The molecule has 0 aromatic rings. The minimum atomic E-state index is -0.233. The fourth-order valence-electron chi connectivity index (χ4n) is 1.48. The first kappa shape index (κ1) is 16.9. The summed E-state index contributed by atoms with van der Waals surface area (Å²) in [6.07, 6.45) is 3.83. The largest absolute Gasteiger partial charge is 0.469 e. The normalized spacial score (nSPS) is 10.4. The van der Waals surface area contributed by atoms with Crippen LogP contribution in [0.15, 0.2) is 0 Å². The van der Waals surface area contributed by atoms with Gasteiger partial charge >= 0.3 is 5.97 Å². The Bertz CT molecular complexity index is 244. The Morgan fingerprint density at radius 1 is 1.17 bits per heavy atom. The van der Waals surface area contributed by atoms with E-state index in [9.17, 15) is 9.59 Å². The Kier molecular flexibility index (Phi) is 10.3. The van der Waals surface area contributed by atoms with Gasteiger partial charge in [-0.3, -0.25) is 9.59 Å². The molecule has 0 radical (unpaired) electrons. The highest BCUT2D eigenvalue weighted by Gasteiger charge is 2.04. The highest BCUT2D eigenvalue weighted by Crippen LogP contribution is 1.94. The van der Waals surface area contributed by atoms with E-state index >= 15 is 0 Å². The van der Waals surface area contributed by atoms with Crippen LogP contribution in [0.4, 0.5) is 0 Å². The first-order chi connectivity index (χ1) is 8.60. The van der Waals surface area contributed by atoms with Crippen molar-refractivity contribution >= 4 is 11.9 Å². The monoisotopic (exact) mass is 258 g/mol. The molecule has 106 valence electrons. The quantitative estimate of drug-likeness (QED) is 0.472. The zero-order valence-electron chi connectivity index (χ0n) is 11.8. The van der Waals surface area contributed by atoms with Gasteiger partial charge in [0.1, 0.15) is 0 Å². The summed E-state index contributed by atoms with van der Waals surface area (Å²) in [5.41, 5.74) is 0. The van der Waals surface area contributed by atoms with Crippen LogP contribution in [0.1, 0.15) is 39.0 Å². The fourth-order valence-corrected chi connectivity index (χ4v) is 1.48. The molecule has 1 amide bonds. The number of rotatable bonds is 10. The molecule has 0 aliphatic heterocycles. The van der Waals surface area contributed by atoms with Crippen LogP contribution in [-0.4, -0.2) is 50.6 Å². The molecular weight excluding hydrogens is 232 g/mol. The Balaban J connectivity index is 3.45. The van der Waals surface area contributed by atoms with Crippen molar-refractivity contribution in [2.24, 2.45) is 0 Å². The van der Waals surface area contributed by atoms with E-state index in [2.05, 4.69) is 21.9 Å². The highest BCUT2D eigenvalue weighted by atomic mass is 16.5. The predicted molar refractivity (Wildman–Crippen MR) is 71.3 cm³/mol. The van der Waals surface area contributed by atoms with Crippen molar-refractivity contribution in [3.05, 3.63) is 0 Å². The Morgan fingerprint density at radius 3 is 2.50 bits per heavy atom. The molecule has 0 atom stereocenters. The lowest BCUT2D eigenvalue weighted by Crippen LogP contribution is -2.30. The van der Waals surface area contributed by atoms with Crippen molar-refractivity contribution in [3.63, 3.8) is 0 Å². The molecule has 0 unspecified atom stereocenters. The molecule has 0 rings (SSSR count). The van der Waals surface area contributed by atoms with Crippen LogP contribution >= 0.6 is 0 Å². The van der Waals surface area contributed by atoms with Gasteiger partial charge in [-0.15, -0.1) is 0 Å². The van der Waals surface area contributed by atoms with Gasteiger partial charge in [0.25, 0.3) is 0 Å². The number of methoxy groups -OCH3 is 1. The molecule has 0 saturated heterocycles. The standard InChI is InChI=1S/C13H26N2O3/c1-4-5-10-15(2)11-8-12(16)14-9-6-7-13(17)18-3/h4-11H2,1-3H3,(H,14,16). The minimum Gasteiger partial charge on any atom is -0.469 e. The predicted octanol–water partition coefficient (Wildman–Crippen LogP) is 1.18. The molecular formula is C13H26N2O3. The van der Waals surface area contributed by atoms with Gasteiger partial charge in [0.2, 0.25) is 5.91 Å². The van der Waals surface area contributed by atoms with Crippen molar-refractivity contribution in [3.8, 4) is 0 Å². The molecule has 0 heterocycles. The number of unbranched alkanes of at least 4 members (excludes halogenated alkanes) is 1. The molecule has 0 aliphatic rings. The van der Waals surface area contributed by atoms with Crippen LogP contribution in [0.3, 0.4) is 0 Å². The highest BCUT2D eigenvalue weighted by molar-refractivity contribution is 5.76. The first-order valence-corrected chi connectivity index (χ1v) is 6.62. The Hall–Kier alpha value is -1.10. The second-order valence-electron chi connectivity index (χ2n) is 4.44. The van der Waals surface area contributed by atoms with Gasteiger partial charge in [0.05, 0.1) is 7.11 Å². The number of hydrogen-bond donors (Lipinski definition) is 1. The van der Waals surface area contributed by atoms with Crippen LogP contribution in [-0.2, 0) is 14.3 Å². The van der Waals surface area contributed by atoms with Crippen LogP contribution in [0.2, 0.25) is 0 Å². The molecule has 0 spiro atoms. The van der Waals surface area contributed by atoms with E-state index in [1.54, 1.807) is 0 Å². The molecule has 5 nitrogen and oxygen atoms in total. The van der Waals surface area contributed by atoms with E-state index in [4.69, 9.17) is 0 Å². The van der Waals surface area contributed by atoms with E-state index in [1.165, 1.54) is 13.5 Å². The summed E-state index contributed by atoms with van der Waals surface area (Å²) in [4.78, 5) is 24.5. The van der Waals surface area contributed by atoms with Gasteiger partial charge in [-0.05, 0) is 26.4 Å². The van der Waals surface area contributed by atoms with Crippen molar-refractivity contribution in [1.82, 2.24) is 10.2 Å². The first-order valence-electron chi connectivity index (χ1n) is 6.62. The third-order valence-electron chi connectivity index (χ3n) is 2.72. The van der Waals surface area contributed by atoms with Gasteiger partial charge in [-0.2, -0.15) is 0 Å². The molecule has 1 N–H and O–H groups in total. The lowest BCUT2D eigenvalue weighted by molar-refractivity contribution is -0.140. The van der Waals surface area contributed by atoms with Gasteiger partial charge in [-0.1, -0.05) is 13.3 Å². The molecule has 18 heavy (non-hydrogen) atoms. The number of nitrogens with zero attached hydrogens (tertiary/aromatic N) is 1. The molecule has 0 bridgehead atoms. The maximum absolute atomic E-state index is 11.5. The smallest absolute Gasteiger partial charge is 0.305 e. The number of carbonyl (C=O) groups excluding carboxylic acids is 2. The molecule has 0 aromatic heterocycles. The minimum absolute atomic E-state index is 0.0446. The van der Waals surface area contributed by atoms with Gasteiger partial charge in [0.15, 0.2) is 0 Å². The van der Waals surface area contributed by atoms with Crippen molar-refractivity contribution in [2.45, 2.75) is 39.0 Å². The van der Waals surface area contributed by atoms with E-state index < -0.39 is 0 Å². The van der Waals surface area contributed by atoms with E-state index in [-0.39, 0.29) is 11.9 Å². The second-order valence-corrected chi connectivity index (χ2v) is 4.44. The average molecular weight is 258 g/mol. The Morgan fingerprint density at radius 2 is 1.89 bits per heavy atom. The third kappa shape index (κ3) is 10.1. The number of carbonyl (C=O) groups is 2. The van der Waals surface area contributed by atoms with Crippen molar-refractivity contribution < 1.29 is 14.3 Å². The van der Waals surface area contributed by atoms with Crippen LogP contribution in [0, 0.1) is 0 Å². The second kappa shape index (κ2) is 11.0. The maximum Gasteiger partial charge on any atom is 0.305 e. The average Bonchev–Trinajstić information content (AvgIpc) is 2.38. The Labute approximate surface area is 110 Å². The van der Waals surface area contributed by atoms with Crippen molar-refractivity contribution in [1.29, 1.82) is 0 Å². The summed E-state index contributed by atoms with van der Waals surface area (Å²) in [5, 5.41) is 2.80. The van der Waals surface area contributed by atoms with E-state index in [0.29, 0.717) is 25.8 Å². The van der Waals surface area contributed by atoms with Crippen LogP contribution < -0.4 is 5.32 Å². The number of esters is 1. The summed E-state index contributed by atoms with van der Waals surface area (Å²) < 4.78 is 4.52. The van der Waals surface area contributed by atoms with Crippen LogP contribution in [0.5, 0.6) is 0 Å². The molecule has 5 heteroatoms. The summed E-state index contributed by atoms with van der Waals surface area (Å²) in [5.74, 6) is -0.188. The third-order valence-corrected chi connectivity index (χ3v) is 2.72. The topological polar surface area (TPSA) is 58.6 Å². The van der Waals surface area contributed by atoms with E-state index in [1.807, 2.05) is 7.05 Å². The molecule has 0 saturated carbocycles. The maximum atomic E-state index is 11.5. The summed E-state index contributed by atoms with van der Waals surface area (Å²) in [6.45, 7) is 4.50. The molecule has 0 aliphatic carbocycles. The zero-order valence-corrected chi connectivity index (χ0v) is 11.8. The number of ether oxygens (including phenoxy) is 1. The number of amides is 1. The van der Waals surface area contributed by atoms with Gasteiger partial charge in [-0.25, -0.2) is 0 Å². The van der Waals surface area contributed by atoms with Crippen LogP contribution in [0.25, 0.3) is 0 Å². The molecule has 0 aromatic carbocycles. The summed E-state index contributed by atoms with van der Waals surface area (Å²) in [7, 11) is 3.40. The van der Waals surface area contributed by atoms with Crippen molar-refractivity contribution in [2.75, 3.05) is 33.8 Å². The SMILES string of the molecule is CCCCN(C)CCC(=O)NCCCC(=O)OC. The fraction of sp³-hybridized carbons (Fsp3) is 0.846. The number of hydrogen-bond acceptors (Lipinski definition) is 4. The zero-order chi connectivity index (χ0) is 13.8. The lowest BCUT2D eigenvalue weighted by atomic mass is 10.3.